The standard InChI is InChI=1S/C18H20F3N7OS.C2HF3O2/c1-28-8-12(15(27-28)18(19,20)21)25-16(29)11-9-30-17-14(11)26-13(7-23-17)24-10-4-2-3-5-22-6-10;3-2(4,5)1(6)7/h7-10,22H,2-6H2,1H3,(H,24,26)(H,25,29);(H,6,7)/t10-;/m1./s1. The van der Waals surface area contributed by atoms with Crippen LogP contribution in [0.4, 0.5) is 37.8 Å². The van der Waals surface area contributed by atoms with Gasteiger partial charge in [0.15, 0.2) is 5.69 Å². The van der Waals surface area contributed by atoms with Crippen molar-refractivity contribution in [1.29, 1.82) is 0 Å². The fourth-order valence-corrected chi connectivity index (χ4v) is 4.20. The summed E-state index contributed by atoms with van der Waals surface area (Å²) in [6, 6.07) is 0.194. The molecule has 0 aliphatic carbocycles. The molecule has 0 saturated carbocycles. The summed E-state index contributed by atoms with van der Waals surface area (Å²) >= 11 is 1.21. The van der Waals surface area contributed by atoms with Gasteiger partial charge in [-0.1, -0.05) is 6.42 Å². The summed E-state index contributed by atoms with van der Waals surface area (Å²) in [5, 5.41) is 21.1. The van der Waals surface area contributed by atoms with E-state index in [2.05, 4.69) is 31.0 Å². The van der Waals surface area contributed by atoms with Crippen LogP contribution in [0.2, 0.25) is 0 Å². The van der Waals surface area contributed by atoms with Crippen molar-refractivity contribution in [3.8, 4) is 0 Å². The molecule has 3 aromatic rings. The smallest absolute Gasteiger partial charge is 0.475 e. The lowest BCUT2D eigenvalue weighted by atomic mass is 10.1. The van der Waals surface area contributed by atoms with Gasteiger partial charge in [0.25, 0.3) is 5.91 Å². The Morgan fingerprint density at radius 2 is 1.92 bits per heavy atom. The Kier molecular flexibility index (Phi) is 8.57. The molecular weight excluding hydrogens is 532 g/mol. The van der Waals surface area contributed by atoms with Crippen molar-refractivity contribution < 1.29 is 41.0 Å². The van der Waals surface area contributed by atoms with E-state index in [4.69, 9.17) is 9.90 Å². The zero-order chi connectivity index (χ0) is 27.4. The molecule has 0 radical (unpaired) electrons. The van der Waals surface area contributed by atoms with Gasteiger partial charge >= 0.3 is 18.3 Å². The molecule has 3 aromatic heterocycles. The molecule has 1 aliphatic rings. The minimum Gasteiger partial charge on any atom is -0.475 e. The summed E-state index contributed by atoms with van der Waals surface area (Å²) in [6.45, 7) is 1.78. The third kappa shape index (κ3) is 7.51. The maximum absolute atomic E-state index is 13.2. The number of aliphatic carboxylic acids is 1. The Morgan fingerprint density at radius 3 is 2.57 bits per heavy atom. The number of rotatable bonds is 4. The SMILES string of the molecule is Cn1cc(NC(=O)c2csc3ncc(N[C@@H]4CCCCNC4)nc23)c(C(F)(F)F)n1.O=C(O)C(F)(F)F. The van der Waals surface area contributed by atoms with Crippen molar-refractivity contribution in [2.75, 3.05) is 23.7 Å². The van der Waals surface area contributed by atoms with Gasteiger partial charge in [0, 0.05) is 31.2 Å². The number of anilines is 2. The molecular formula is C20H21F6N7O3S. The highest BCUT2D eigenvalue weighted by Gasteiger charge is 2.38. The number of nitrogens with one attached hydrogen (secondary N) is 3. The lowest BCUT2D eigenvalue weighted by Gasteiger charge is -2.16. The van der Waals surface area contributed by atoms with Crippen LogP contribution in [0.5, 0.6) is 0 Å². The fourth-order valence-electron chi connectivity index (χ4n) is 3.37. The number of amides is 1. The second-order valence-electron chi connectivity index (χ2n) is 7.92. The third-order valence-electron chi connectivity index (χ3n) is 5.01. The van der Waals surface area contributed by atoms with Crippen LogP contribution in [-0.2, 0) is 18.0 Å². The van der Waals surface area contributed by atoms with E-state index < -0.39 is 35.6 Å². The first kappa shape index (κ1) is 28.1. The van der Waals surface area contributed by atoms with Gasteiger partial charge in [0.2, 0.25) is 0 Å². The number of hydrogen-bond donors (Lipinski definition) is 4. The molecule has 202 valence electrons. The van der Waals surface area contributed by atoms with Gasteiger partial charge in [-0.15, -0.1) is 11.3 Å². The Labute approximate surface area is 209 Å². The Balaban J connectivity index is 0.000000479. The lowest BCUT2D eigenvalue weighted by molar-refractivity contribution is -0.192. The number of aryl methyl sites for hydroxylation is 1. The van der Waals surface area contributed by atoms with Crippen LogP contribution in [-0.4, -0.2) is 62.0 Å². The maximum atomic E-state index is 13.2. The number of fused-ring (bicyclic) bond motifs is 1. The van der Waals surface area contributed by atoms with E-state index in [-0.39, 0.29) is 11.6 Å². The van der Waals surface area contributed by atoms with E-state index in [9.17, 15) is 31.1 Å². The van der Waals surface area contributed by atoms with Gasteiger partial charge in [-0.3, -0.25) is 9.48 Å². The van der Waals surface area contributed by atoms with Crippen LogP contribution in [0.15, 0.2) is 17.8 Å². The normalized spacial score (nSPS) is 16.5. The van der Waals surface area contributed by atoms with E-state index >= 15 is 0 Å². The number of carbonyl (C=O) groups is 2. The molecule has 0 aromatic carbocycles. The topological polar surface area (TPSA) is 134 Å². The van der Waals surface area contributed by atoms with Crippen molar-refractivity contribution >= 4 is 45.1 Å². The maximum Gasteiger partial charge on any atom is 0.490 e. The largest absolute Gasteiger partial charge is 0.490 e. The van der Waals surface area contributed by atoms with Crippen LogP contribution in [0, 0.1) is 0 Å². The van der Waals surface area contributed by atoms with E-state index in [1.54, 1.807) is 11.6 Å². The molecule has 1 saturated heterocycles. The number of carbonyl (C=O) groups excluding carboxylic acids is 1. The van der Waals surface area contributed by atoms with Crippen molar-refractivity contribution in [2.45, 2.75) is 37.7 Å². The van der Waals surface area contributed by atoms with Crippen LogP contribution >= 0.6 is 11.3 Å². The highest BCUT2D eigenvalue weighted by molar-refractivity contribution is 7.17. The second-order valence-corrected chi connectivity index (χ2v) is 8.78. The van der Waals surface area contributed by atoms with Crippen molar-refractivity contribution in [2.24, 2.45) is 7.05 Å². The summed E-state index contributed by atoms with van der Waals surface area (Å²) in [6.07, 6.45) is -3.83. The second kappa shape index (κ2) is 11.3. The highest BCUT2D eigenvalue weighted by atomic mass is 32.1. The Bertz CT molecular complexity index is 1250. The average Bonchev–Trinajstić information content (AvgIpc) is 3.28. The molecule has 1 aliphatic heterocycles. The van der Waals surface area contributed by atoms with Crippen LogP contribution in [0.25, 0.3) is 10.3 Å². The molecule has 0 unspecified atom stereocenters. The first-order chi connectivity index (χ1) is 17.3. The monoisotopic (exact) mass is 553 g/mol. The molecule has 0 spiro atoms. The number of nitrogens with zero attached hydrogens (tertiary/aromatic N) is 4. The van der Waals surface area contributed by atoms with Crippen LogP contribution in [0.1, 0.15) is 35.3 Å². The molecule has 17 heteroatoms. The first-order valence-electron chi connectivity index (χ1n) is 10.7. The minimum atomic E-state index is -5.08. The van der Waals surface area contributed by atoms with Crippen LogP contribution in [0.3, 0.4) is 0 Å². The van der Waals surface area contributed by atoms with Crippen LogP contribution < -0.4 is 16.0 Å². The number of thiophene rings is 1. The minimum absolute atomic E-state index is 0.169. The zero-order valence-electron chi connectivity index (χ0n) is 19.1. The average molecular weight is 553 g/mol. The molecule has 10 nitrogen and oxygen atoms in total. The summed E-state index contributed by atoms with van der Waals surface area (Å²) in [5.41, 5.74) is -1.03. The zero-order valence-corrected chi connectivity index (χ0v) is 19.9. The van der Waals surface area contributed by atoms with Gasteiger partial charge in [-0.05, 0) is 19.4 Å². The molecule has 4 N–H and O–H groups in total. The summed E-state index contributed by atoms with van der Waals surface area (Å²) in [5.74, 6) is -2.92. The molecule has 1 atom stereocenters. The number of carboxylic acid groups (broad SMARTS) is 1. The van der Waals surface area contributed by atoms with Gasteiger partial charge in [0.1, 0.15) is 16.2 Å². The molecule has 1 amide bonds. The highest BCUT2D eigenvalue weighted by Crippen LogP contribution is 2.34. The quantitative estimate of drug-likeness (QED) is 0.358. The Morgan fingerprint density at radius 1 is 1.22 bits per heavy atom. The number of aromatic nitrogens is 4. The first-order valence-corrected chi connectivity index (χ1v) is 11.6. The summed E-state index contributed by atoms with van der Waals surface area (Å²) in [7, 11) is 1.36. The van der Waals surface area contributed by atoms with Gasteiger partial charge in [-0.25, -0.2) is 14.8 Å². The summed E-state index contributed by atoms with van der Waals surface area (Å²) < 4.78 is 72.2. The molecule has 1 fully saturated rings. The summed E-state index contributed by atoms with van der Waals surface area (Å²) in [4.78, 5) is 31.0. The predicted molar refractivity (Wildman–Crippen MR) is 121 cm³/mol. The van der Waals surface area contributed by atoms with Crippen molar-refractivity contribution in [3.63, 3.8) is 0 Å². The molecule has 0 bridgehead atoms. The molecule has 37 heavy (non-hydrogen) atoms. The van der Waals surface area contributed by atoms with E-state index in [0.717, 1.165) is 43.2 Å². The van der Waals surface area contributed by atoms with Gasteiger partial charge < -0.3 is 21.1 Å². The number of halogens is 6. The third-order valence-corrected chi connectivity index (χ3v) is 5.89. The van der Waals surface area contributed by atoms with Crippen molar-refractivity contribution in [3.05, 3.63) is 29.0 Å². The Hall–Kier alpha value is -3.47. The number of hydrogen-bond acceptors (Lipinski definition) is 8. The van der Waals surface area contributed by atoms with E-state index in [1.165, 1.54) is 18.4 Å². The fraction of sp³-hybridized carbons (Fsp3) is 0.450. The van der Waals surface area contributed by atoms with Gasteiger partial charge in [0.05, 0.1) is 17.4 Å². The van der Waals surface area contributed by atoms with E-state index in [0.29, 0.717) is 16.2 Å². The molecule has 4 rings (SSSR count). The van der Waals surface area contributed by atoms with Crippen molar-refractivity contribution in [1.82, 2.24) is 25.1 Å². The van der Waals surface area contributed by atoms with Gasteiger partial charge in [-0.2, -0.15) is 31.4 Å². The molecule has 4 heterocycles. The van der Waals surface area contributed by atoms with E-state index in [1.807, 2.05) is 0 Å². The predicted octanol–water partition coefficient (Wildman–Crippen LogP) is 3.88. The lowest BCUT2D eigenvalue weighted by Crippen LogP contribution is -2.31. The number of alkyl halides is 6. The number of carboxylic acids is 1.